The van der Waals surface area contributed by atoms with Gasteiger partial charge in [0.2, 0.25) is 0 Å². The fourth-order valence-corrected chi connectivity index (χ4v) is 2.29. The van der Waals surface area contributed by atoms with E-state index in [0.29, 0.717) is 13.2 Å². The van der Waals surface area contributed by atoms with Gasteiger partial charge in [0.15, 0.2) is 5.60 Å². The van der Waals surface area contributed by atoms with Gasteiger partial charge >= 0.3 is 0 Å². The molecule has 86 valence electrons. The summed E-state index contributed by atoms with van der Waals surface area (Å²) in [6.45, 7) is 4.57. The summed E-state index contributed by atoms with van der Waals surface area (Å²) in [4.78, 5) is 0. The zero-order valence-electron chi connectivity index (χ0n) is 9.58. The van der Waals surface area contributed by atoms with Gasteiger partial charge < -0.3 is 14.8 Å². The van der Waals surface area contributed by atoms with E-state index in [1.807, 2.05) is 0 Å². The number of fused-ring (bicyclic) bond motifs is 1. The molecule has 2 heterocycles. The predicted molar refractivity (Wildman–Crippen MR) is 63.1 cm³/mol. The molecule has 3 nitrogen and oxygen atoms in total. The lowest BCUT2D eigenvalue weighted by Gasteiger charge is -2.39. The fraction of sp³-hybridized carbons (Fsp3) is 0.538. The van der Waals surface area contributed by atoms with E-state index in [1.165, 1.54) is 17.7 Å². The van der Waals surface area contributed by atoms with Crippen LogP contribution in [0.5, 0.6) is 5.75 Å². The molecular formula is C13H17NO2. The average molecular weight is 219 g/mol. The van der Waals surface area contributed by atoms with Crippen molar-refractivity contribution in [2.75, 3.05) is 25.1 Å². The summed E-state index contributed by atoms with van der Waals surface area (Å²) in [5.74, 6) is 1.02. The van der Waals surface area contributed by atoms with Crippen LogP contribution < -0.4 is 10.1 Å². The number of nitrogens with one attached hydrogen (secondary N) is 1. The molecular weight excluding hydrogens is 202 g/mol. The van der Waals surface area contributed by atoms with E-state index in [0.717, 1.165) is 18.7 Å². The third-order valence-electron chi connectivity index (χ3n) is 3.22. The summed E-state index contributed by atoms with van der Waals surface area (Å²) >= 11 is 0. The van der Waals surface area contributed by atoms with E-state index in [-0.39, 0.29) is 5.60 Å². The number of ether oxygens (including phenoxy) is 2. The molecule has 1 fully saturated rings. The maximum absolute atomic E-state index is 6.07. The first kappa shape index (κ1) is 9.97. The van der Waals surface area contributed by atoms with Crippen LogP contribution in [0, 0.1) is 0 Å². The Balaban J connectivity index is 1.88. The monoisotopic (exact) mass is 219 g/mol. The summed E-state index contributed by atoms with van der Waals surface area (Å²) in [5.41, 5.74) is 2.43. The highest BCUT2D eigenvalue weighted by molar-refractivity contribution is 5.59. The number of hydrogen-bond acceptors (Lipinski definition) is 3. The van der Waals surface area contributed by atoms with Crippen LogP contribution in [-0.4, -0.2) is 25.4 Å². The van der Waals surface area contributed by atoms with Crippen LogP contribution in [0.1, 0.15) is 18.9 Å². The summed E-state index contributed by atoms with van der Waals surface area (Å²) in [5, 5.41) is 3.41. The molecule has 3 heteroatoms. The highest BCUT2D eigenvalue weighted by Gasteiger charge is 2.36. The van der Waals surface area contributed by atoms with Crippen molar-refractivity contribution in [3.63, 3.8) is 0 Å². The van der Waals surface area contributed by atoms with E-state index >= 15 is 0 Å². The molecule has 3 rings (SSSR count). The molecule has 0 aliphatic carbocycles. The molecule has 1 aromatic carbocycles. The number of benzene rings is 1. The Morgan fingerprint density at radius 1 is 1.38 bits per heavy atom. The van der Waals surface area contributed by atoms with E-state index in [2.05, 4.69) is 30.4 Å². The van der Waals surface area contributed by atoms with Gasteiger partial charge in [-0.05, 0) is 31.9 Å². The SMILES string of the molecule is CC1(Oc2cccc3c2CCCN3)COC1. The molecule has 2 aliphatic rings. The zero-order chi connectivity index (χ0) is 11.0. The van der Waals surface area contributed by atoms with Crippen LogP contribution in [0.25, 0.3) is 0 Å². The molecule has 0 radical (unpaired) electrons. The van der Waals surface area contributed by atoms with Gasteiger partial charge in [0.05, 0.1) is 13.2 Å². The second kappa shape index (κ2) is 3.67. The zero-order valence-corrected chi connectivity index (χ0v) is 9.58. The van der Waals surface area contributed by atoms with E-state index in [9.17, 15) is 0 Å². The molecule has 0 atom stereocenters. The van der Waals surface area contributed by atoms with Crippen LogP contribution >= 0.6 is 0 Å². The highest BCUT2D eigenvalue weighted by atomic mass is 16.6. The summed E-state index contributed by atoms with van der Waals surface area (Å²) in [7, 11) is 0. The van der Waals surface area contributed by atoms with Crippen molar-refractivity contribution >= 4 is 5.69 Å². The fourth-order valence-electron chi connectivity index (χ4n) is 2.29. The smallest absolute Gasteiger partial charge is 0.152 e. The summed E-state index contributed by atoms with van der Waals surface area (Å²) in [6.07, 6.45) is 2.29. The van der Waals surface area contributed by atoms with Gasteiger partial charge in [-0.3, -0.25) is 0 Å². The molecule has 0 bridgehead atoms. The lowest BCUT2D eigenvalue weighted by atomic mass is 10.0. The maximum atomic E-state index is 6.07. The number of hydrogen-bond donors (Lipinski definition) is 1. The third-order valence-corrected chi connectivity index (χ3v) is 3.22. The van der Waals surface area contributed by atoms with Gasteiger partial charge in [-0.2, -0.15) is 0 Å². The normalized spacial score (nSPS) is 21.6. The Kier molecular flexibility index (Phi) is 2.28. The molecule has 16 heavy (non-hydrogen) atoms. The second-order valence-corrected chi connectivity index (χ2v) is 4.86. The molecule has 0 aromatic heterocycles. The van der Waals surface area contributed by atoms with Crippen LogP contribution in [0.4, 0.5) is 5.69 Å². The Morgan fingerprint density at radius 3 is 3.00 bits per heavy atom. The van der Waals surface area contributed by atoms with Crippen LogP contribution in [0.3, 0.4) is 0 Å². The van der Waals surface area contributed by atoms with Crippen LogP contribution in [0.15, 0.2) is 18.2 Å². The van der Waals surface area contributed by atoms with E-state index in [1.54, 1.807) is 0 Å². The van der Waals surface area contributed by atoms with Crippen molar-refractivity contribution in [1.29, 1.82) is 0 Å². The molecule has 2 aliphatic heterocycles. The van der Waals surface area contributed by atoms with Gasteiger partial charge in [0.25, 0.3) is 0 Å². The molecule has 1 saturated heterocycles. The minimum atomic E-state index is -0.118. The standard InChI is InChI=1S/C13H17NO2/c1-13(8-15-9-13)16-12-6-2-5-11-10(12)4-3-7-14-11/h2,5-6,14H,3-4,7-9H2,1H3. The molecule has 1 N–H and O–H groups in total. The number of rotatable bonds is 2. The van der Waals surface area contributed by atoms with Gasteiger partial charge in [0, 0.05) is 17.8 Å². The van der Waals surface area contributed by atoms with Crippen LogP contribution in [-0.2, 0) is 11.2 Å². The largest absolute Gasteiger partial charge is 0.482 e. The van der Waals surface area contributed by atoms with Crippen molar-refractivity contribution in [3.05, 3.63) is 23.8 Å². The van der Waals surface area contributed by atoms with Crippen molar-refractivity contribution < 1.29 is 9.47 Å². The molecule has 0 unspecified atom stereocenters. The lowest BCUT2D eigenvalue weighted by Crippen LogP contribution is -2.51. The van der Waals surface area contributed by atoms with Crippen molar-refractivity contribution in [3.8, 4) is 5.75 Å². The van der Waals surface area contributed by atoms with Gasteiger partial charge in [0.1, 0.15) is 5.75 Å². The maximum Gasteiger partial charge on any atom is 0.152 e. The molecule has 0 amide bonds. The van der Waals surface area contributed by atoms with Gasteiger partial charge in [-0.15, -0.1) is 0 Å². The first-order valence-electron chi connectivity index (χ1n) is 5.89. The minimum Gasteiger partial charge on any atom is -0.482 e. The van der Waals surface area contributed by atoms with Crippen LogP contribution in [0.2, 0.25) is 0 Å². The average Bonchev–Trinajstić information content (AvgIpc) is 2.27. The molecule has 0 spiro atoms. The Labute approximate surface area is 95.8 Å². The minimum absolute atomic E-state index is 0.118. The first-order chi connectivity index (χ1) is 7.77. The Hall–Kier alpha value is -1.22. The third kappa shape index (κ3) is 1.65. The predicted octanol–water partition coefficient (Wildman–Crippen LogP) is 2.21. The topological polar surface area (TPSA) is 30.5 Å². The molecule has 0 saturated carbocycles. The molecule has 1 aromatic rings. The lowest BCUT2D eigenvalue weighted by molar-refractivity contribution is -0.150. The van der Waals surface area contributed by atoms with E-state index < -0.39 is 0 Å². The van der Waals surface area contributed by atoms with Crippen molar-refractivity contribution in [1.82, 2.24) is 0 Å². The summed E-state index contributed by atoms with van der Waals surface area (Å²) < 4.78 is 11.3. The van der Waals surface area contributed by atoms with Gasteiger partial charge in [-0.25, -0.2) is 0 Å². The highest BCUT2D eigenvalue weighted by Crippen LogP contribution is 2.34. The Morgan fingerprint density at radius 2 is 2.25 bits per heavy atom. The number of anilines is 1. The van der Waals surface area contributed by atoms with Crippen molar-refractivity contribution in [2.24, 2.45) is 0 Å². The quantitative estimate of drug-likeness (QED) is 0.827. The second-order valence-electron chi connectivity index (χ2n) is 4.86. The van der Waals surface area contributed by atoms with Crippen molar-refractivity contribution in [2.45, 2.75) is 25.4 Å². The summed E-state index contributed by atoms with van der Waals surface area (Å²) in [6, 6.07) is 6.24. The first-order valence-corrected chi connectivity index (χ1v) is 5.89. The Bertz CT molecular complexity index is 399. The van der Waals surface area contributed by atoms with Gasteiger partial charge in [-0.1, -0.05) is 6.07 Å². The van der Waals surface area contributed by atoms with E-state index in [4.69, 9.17) is 9.47 Å².